The summed E-state index contributed by atoms with van der Waals surface area (Å²) in [6, 6.07) is 9.51. The largest absolute Gasteiger partial charge is 0.487 e. The van der Waals surface area contributed by atoms with E-state index in [2.05, 4.69) is 0 Å². The van der Waals surface area contributed by atoms with Crippen molar-refractivity contribution in [2.45, 2.75) is 12.8 Å². The van der Waals surface area contributed by atoms with Gasteiger partial charge in [-0.1, -0.05) is 35.3 Å². The lowest BCUT2D eigenvalue weighted by Crippen LogP contribution is -2.05. The van der Waals surface area contributed by atoms with Crippen LogP contribution in [0.1, 0.15) is 11.1 Å². The molecule has 0 amide bonds. The molecule has 106 valence electrons. The van der Waals surface area contributed by atoms with Gasteiger partial charge in [0.1, 0.15) is 12.4 Å². The predicted molar refractivity (Wildman–Crippen MR) is 72.2 cm³/mol. The van der Waals surface area contributed by atoms with Crippen LogP contribution in [0, 0.1) is 0 Å². The summed E-state index contributed by atoms with van der Waals surface area (Å²) < 4.78 is 42.6. The zero-order valence-electron chi connectivity index (χ0n) is 10.0. The van der Waals surface area contributed by atoms with Crippen LogP contribution in [0.4, 0.5) is 13.2 Å². The Balaban J connectivity index is 2.06. The highest BCUT2D eigenvalue weighted by Gasteiger charge is 2.29. The molecule has 0 spiro atoms. The number of hydrogen-bond acceptors (Lipinski definition) is 1. The lowest BCUT2D eigenvalue weighted by Gasteiger charge is -2.10. The van der Waals surface area contributed by atoms with Crippen molar-refractivity contribution in [2.75, 3.05) is 0 Å². The van der Waals surface area contributed by atoms with Gasteiger partial charge in [0.15, 0.2) is 0 Å². The Morgan fingerprint density at radius 2 is 1.60 bits per heavy atom. The van der Waals surface area contributed by atoms with Crippen molar-refractivity contribution >= 4 is 23.2 Å². The van der Waals surface area contributed by atoms with Crippen LogP contribution in [0.5, 0.6) is 5.75 Å². The van der Waals surface area contributed by atoms with Crippen LogP contribution >= 0.6 is 23.2 Å². The maximum atomic E-state index is 12.4. The first kappa shape index (κ1) is 15.0. The minimum atomic E-state index is -4.34. The molecule has 0 heterocycles. The van der Waals surface area contributed by atoms with Crippen LogP contribution in [0.2, 0.25) is 10.0 Å². The summed E-state index contributed by atoms with van der Waals surface area (Å²) in [5.41, 5.74) is -0.0870. The summed E-state index contributed by atoms with van der Waals surface area (Å²) in [6.07, 6.45) is -4.34. The quantitative estimate of drug-likeness (QED) is 0.716. The maximum Gasteiger partial charge on any atom is 0.416 e. The Morgan fingerprint density at radius 3 is 2.20 bits per heavy atom. The molecule has 0 unspecified atom stereocenters. The number of ether oxygens (including phenoxy) is 1. The molecular formula is C14H9Cl2F3O. The fourth-order valence-electron chi connectivity index (χ4n) is 1.54. The lowest BCUT2D eigenvalue weighted by molar-refractivity contribution is -0.137. The average molecular weight is 321 g/mol. The molecule has 0 atom stereocenters. The summed E-state index contributed by atoms with van der Waals surface area (Å²) in [5, 5.41) is 0.859. The first-order valence-electron chi connectivity index (χ1n) is 5.60. The second kappa shape index (κ2) is 5.94. The number of alkyl halides is 3. The Hall–Kier alpha value is -1.39. The second-order valence-corrected chi connectivity index (χ2v) is 4.90. The third-order valence-corrected chi connectivity index (χ3v) is 3.12. The molecule has 0 radical (unpaired) electrons. The highest BCUT2D eigenvalue weighted by Crippen LogP contribution is 2.30. The average Bonchev–Trinajstić information content (AvgIpc) is 2.39. The highest BCUT2D eigenvalue weighted by atomic mass is 35.5. The van der Waals surface area contributed by atoms with Gasteiger partial charge in [-0.25, -0.2) is 0 Å². The molecule has 1 nitrogen and oxygen atoms in total. The number of benzene rings is 2. The van der Waals surface area contributed by atoms with Crippen LogP contribution in [0.15, 0.2) is 42.5 Å². The number of halogens is 5. The van der Waals surface area contributed by atoms with E-state index in [1.54, 1.807) is 18.2 Å². The van der Waals surface area contributed by atoms with Gasteiger partial charge in [-0.05, 0) is 29.8 Å². The molecule has 0 saturated carbocycles. The summed E-state index contributed by atoms with van der Waals surface area (Å²) >= 11 is 11.7. The molecule has 0 aliphatic rings. The van der Waals surface area contributed by atoms with Gasteiger partial charge >= 0.3 is 6.18 Å². The molecule has 0 fully saturated rings. The molecule has 0 aliphatic heterocycles. The summed E-state index contributed by atoms with van der Waals surface area (Å²) in [4.78, 5) is 0. The Labute approximate surface area is 123 Å². The maximum absolute atomic E-state index is 12.4. The third kappa shape index (κ3) is 3.81. The van der Waals surface area contributed by atoms with Crippen LogP contribution in [0.3, 0.4) is 0 Å². The van der Waals surface area contributed by atoms with Crippen molar-refractivity contribution in [3.63, 3.8) is 0 Å². The van der Waals surface area contributed by atoms with Gasteiger partial charge in [-0.3, -0.25) is 0 Å². The van der Waals surface area contributed by atoms with Crippen LogP contribution in [-0.4, -0.2) is 0 Å². The van der Waals surface area contributed by atoms with Gasteiger partial charge < -0.3 is 4.74 Å². The minimum absolute atomic E-state index is 0.109. The number of hydrogen-bond donors (Lipinski definition) is 0. The highest BCUT2D eigenvalue weighted by molar-refractivity contribution is 6.34. The van der Waals surface area contributed by atoms with Gasteiger partial charge in [-0.2, -0.15) is 13.2 Å². The standard InChI is InChI=1S/C14H9Cl2F3O/c15-11-5-6-12(16)13(7-11)20-8-9-1-3-10(4-2-9)14(17,18)19/h1-7H,8H2. The van der Waals surface area contributed by atoms with E-state index in [-0.39, 0.29) is 6.61 Å². The van der Waals surface area contributed by atoms with Gasteiger partial charge in [-0.15, -0.1) is 0 Å². The third-order valence-electron chi connectivity index (χ3n) is 2.57. The van der Waals surface area contributed by atoms with E-state index < -0.39 is 11.7 Å². The van der Waals surface area contributed by atoms with E-state index >= 15 is 0 Å². The molecule has 20 heavy (non-hydrogen) atoms. The van der Waals surface area contributed by atoms with E-state index in [1.165, 1.54) is 12.1 Å². The molecule has 2 aromatic rings. The van der Waals surface area contributed by atoms with E-state index in [1.807, 2.05) is 0 Å². The van der Waals surface area contributed by atoms with Crippen molar-refractivity contribution in [2.24, 2.45) is 0 Å². The first-order valence-corrected chi connectivity index (χ1v) is 6.36. The summed E-state index contributed by atoms with van der Waals surface area (Å²) in [7, 11) is 0. The van der Waals surface area contributed by atoms with Crippen LogP contribution in [0.25, 0.3) is 0 Å². The molecule has 0 N–H and O–H groups in total. The van der Waals surface area contributed by atoms with E-state index in [4.69, 9.17) is 27.9 Å². The number of rotatable bonds is 3. The topological polar surface area (TPSA) is 9.23 Å². The smallest absolute Gasteiger partial charge is 0.416 e. The molecule has 2 rings (SSSR count). The summed E-state index contributed by atoms with van der Waals surface area (Å²) in [5.74, 6) is 0.388. The van der Waals surface area contributed by atoms with Gasteiger partial charge in [0.25, 0.3) is 0 Å². The van der Waals surface area contributed by atoms with Crippen molar-refractivity contribution < 1.29 is 17.9 Å². The fraction of sp³-hybridized carbons (Fsp3) is 0.143. The van der Waals surface area contributed by atoms with Gasteiger partial charge in [0.2, 0.25) is 0 Å². The van der Waals surface area contributed by atoms with Crippen molar-refractivity contribution in [1.82, 2.24) is 0 Å². The second-order valence-electron chi connectivity index (χ2n) is 4.06. The molecule has 0 aromatic heterocycles. The van der Waals surface area contributed by atoms with Crippen molar-refractivity contribution in [3.8, 4) is 5.75 Å². The molecule has 0 bridgehead atoms. The fourth-order valence-corrected chi connectivity index (χ4v) is 1.87. The minimum Gasteiger partial charge on any atom is -0.487 e. The Morgan fingerprint density at radius 1 is 0.950 bits per heavy atom. The normalized spacial score (nSPS) is 11.4. The molecular weight excluding hydrogens is 312 g/mol. The zero-order chi connectivity index (χ0) is 14.8. The Kier molecular flexibility index (Phi) is 4.45. The molecule has 0 aliphatic carbocycles. The zero-order valence-corrected chi connectivity index (χ0v) is 11.6. The van der Waals surface area contributed by atoms with E-state index in [0.717, 1.165) is 12.1 Å². The molecule has 6 heteroatoms. The monoisotopic (exact) mass is 320 g/mol. The molecule has 2 aromatic carbocycles. The first-order chi connectivity index (χ1) is 9.36. The SMILES string of the molecule is FC(F)(F)c1ccc(COc2cc(Cl)ccc2Cl)cc1. The lowest BCUT2D eigenvalue weighted by atomic mass is 10.1. The van der Waals surface area contributed by atoms with E-state index in [0.29, 0.717) is 21.4 Å². The van der Waals surface area contributed by atoms with Gasteiger partial charge in [0, 0.05) is 11.1 Å². The van der Waals surface area contributed by atoms with E-state index in [9.17, 15) is 13.2 Å². The Bertz CT molecular complexity index is 594. The van der Waals surface area contributed by atoms with Crippen molar-refractivity contribution in [3.05, 3.63) is 63.6 Å². The summed E-state index contributed by atoms with van der Waals surface area (Å²) in [6.45, 7) is 0.109. The predicted octanol–water partition coefficient (Wildman–Crippen LogP) is 5.59. The van der Waals surface area contributed by atoms with Crippen molar-refractivity contribution in [1.29, 1.82) is 0 Å². The van der Waals surface area contributed by atoms with Gasteiger partial charge in [0.05, 0.1) is 10.6 Å². The molecule has 0 saturated heterocycles. The van der Waals surface area contributed by atoms with Crippen LogP contribution in [-0.2, 0) is 12.8 Å². The van der Waals surface area contributed by atoms with Crippen LogP contribution < -0.4 is 4.74 Å².